The van der Waals surface area contributed by atoms with E-state index in [1.807, 2.05) is 44.3 Å². The fourth-order valence-corrected chi connectivity index (χ4v) is 10.3. The molecular formula is C48H55N9O8S. The highest BCUT2D eigenvalue weighted by Crippen LogP contribution is 2.39. The van der Waals surface area contributed by atoms with Crippen molar-refractivity contribution in [3.8, 4) is 23.0 Å². The third kappa shape index (κ3) is 9.03. The number of amides is 5. The Balaban J connectivity index is 0.759. The molecule has 0 radical (unpaired) electrons. The van der Waals surface area contributed by atoms with Crippen molar-refractivity contribution in [2.24, 2.45) is 13.0 Å². The molecule has 0 spiro atoms. The topological polar surface area (TPSA) is 172 Å². The summed E-state index contributed by atoms with van der Waals surface area (Å²) in [5, 5.41) is 7.73. The molecule has 9 rings (SSSR count). The molecule has 17 nitrogen and oxygen atoms in total. The Hall–Kier alpha value is -6.53. The van der Waals surface area contributed by atoms with Crippen LogP contribution in [0.1, 0.15) is 64.9 Å². The standard InChI is InChI=1S/C48H55N9O8S/c1-5-64-41-28-32(6-13-40(41)63-3)39(30-66(4)62)57-46(59)37-14-19-49-45(43(37)47(57)60)55-26-24-53(25-27-55)20-15-31-16-21-54(22-17-31)33-7-9-34(10-8-33)65-35-11-12-36-38(29-35)52(2)51-44(36)56-23-18-42(58)50-48(56)61/h6-14,19,28-29,31,39H,5,15-18,20-27,30H2,1-4H3,(H,50,58,61). The maximum absolute atomic E-state index is 14.3. The number of hydrogen-bond donors (Lipinski definition) is 1. The molecule has 4 aliphatic heterocycles. The van der Waals surface area contributed by atoms with Crippen molar-refractivity contribution in [1.29, 1.82) is 0 Å². The number of carbonyl (C=O) groups excluding carboxylic acids is 4. The number of piperidine rings is 1. The Morgan fingerprint density at radius 3 is 2.30 bits per heavy atom. The van der Waals surface area contributed by atoms with Gasteiger partial charge in [0, 0.05) is 105 Å². The van der Waals surface area contributed by atoms with Crippen molar-refractivity contribution >= 4 is 62.8 Å². The number of nitrogens with zero attached hydrogens (tertiary/aromatic N) is 8. The number of rotatable bonds is 15. The second-order valence-electron chi connectivity index (χ2n) is 17.2. The number of aryl methyl sites for hydroxylation is 1. The van der Waals surface area contributed by atoms with Crippen LogP contribution in [-0.4, -0.2) is 131 Å². The van der Waals surface area contributed by atoms with Crippen LogP contribution in [0.3, 0.4) is 0 Å². The first kappa shape index (κ1) is 44.7. The van der Waals surface area contributed by atoms with Gasteiger partial charge >= 0.3 is 6.03 Å². The Morgan fingerprint density at radius 1 is 0.833 bits per heavy atom. The van der Waals surface area contributed by atoms with Crippen molar-refractivity contribution < 1.29 is 37.6 Å². The Labute approximate surface area is 386 Å². The van der Waals surface area contributed by atoms with E-state index in [0.29, 0.717) is 71.2 Å². The van der Waals surface area contributed by atoms with E-state index in [1.165, 1.54) is 15.5 Å². The van der Waals surface area contributed by atoms with Gasteiger partial charge in [-0.1, -0.05) is 6.07 Å². The zero-order valence-electron chi connectivity index (χ0n) is 37.7. The first-order chi connectivity index (χ1) is 32.0. The number of nitrogens with one attached hydrogen (secondary N) is 1. The van der Waals surface area contributed by atoms with Gasteiger partial charge in [-0.3, -0.25) is 43.3 Å². The largest absolute Gasteiger partial charge is 0.493 e. The second-order valence-corrected chi connectivity index (χ2v) is 18.6. The van der Waals surface area contributed by atoms with Crippen LogP contribution in [0.15, 0.2) is 72.9 Å². The molecule has 4 aliphatic rings. The Bertz CT molecular complexity index is 2680. The molecule has 2 atom stereocenters. The summed E-state index contributed by atoms with van der Waals surface area (Å²) in [7, 11) is 2.05. The van der Waals surface area contributed by atoms with Gasteiger partial charge < -0.3 is 24.0 Å². The van der Waals surface area contributed by atoms with Crippen molar-refractivity contribution in [1.82, 2.24) is 29.9 Å². The lowest BCUT2D eigenvalue weighted by Gasteiger charge is -2.38. The van der Waals surface area contributed by atoms with Gasteiger partial charge in [0.25, 0.3) is 11.8 Å². The molecule has 346 valence electrons. The molecule has 3 saturated heterocycles. The zero-order valence-corrected chi connectivity index (χ0v) is 38.6. The van der Waals surface area contributed by atoms with Crippen LogP contribution in [0.4, 0.5) is 22.1 Å². The Morgan fingerprint density at radius 2 is 1.59 bits per heavy atom. The minimum Gasteiger partial charge on any atom is -0.493 e. The molecule has 6 heterocycles. The molecule has 0 aliphatic carbocycles. The normalized spacial score (nSPS) is 18.2. The summed E-state index contributed by atoms with van der Waals surface area (Å²) in [6, 6.07) is 19.5. The number of carbonyl (C=O) groups is 4. The van der Waals surface area contributed by atoms with Gasteiger partial charge in [0.05, 0.1) is 36.4 Å². The van der Waals surface area contributed by atoms with Crippen molar-refractivity contribution in [2.75, 3.05) is 92.8 Å². The quantitative estimate of drug-likeness (QED) is 0.126. The van der Waals surface area contributed by atoms with Gasteiger partial charge in [0.2, 0.25) is 5.91 Å². The smallest absolute Gasteiger partial charge is 0.329 e. The van der Waals surface area contributed by atoms with Gasteiger partial charge in [-0.15, -0.1) is 0 Å². The average molecular weight is 918 g/mol. The summed E-state index contributed by atoms with van der Waals surface area (Å²) in [5.74, 6) is 3.01. The number of hydrogen-bond acceptors (Lipinski definition) is 13. The molecule has 0 saturated carbocycles. The average Bonchev–Trinajstić information content (AvgIpc) is 3.78. The van der Waals surface area contributed by atoms with E-state index in [9.17, 15) is 23.4 Å². The van der Waals surface area contributed by atoms with E-state index in [2.05, 4.69) is 42.2 Å². The third-order valence-corrected chi connectivity index (χ3v) is 13.9. The van der Waals surface area contributed by atoms with Gasteiger partial charge in [-0.05, 0) is 98.8 Å². The van der Waals surface area contributed by atoms with E-state index in [1.54, 1.807) is 48.5 Å². The van der Waals surface area contributed by atoms with Crippen molar-refractivity contribution in [3.05, 3.63) is 89.6 Å². The van der Waals surface area contributed by atoms with Gasteiger partial charge in [0.1, 0.15) is 17.3 Å². The van der Waals surface area contributed by atoms with E-state index in [-0.39, 0.29) is 24.6 Å². The lowest BCUT2D eigenvalue weighted by molar-refractivity contribution is -0.120. The van der Waals surface area contributed by atoms with E-state index >= 15 is 0 Å². The first-order valence-electron chi connectivity index (χ1n) is 22.6. The summed E-state index contributed by atoms with van der Waals surface area (Å²) in [5.41, 5.74) is 3.24. The first-order valence-corrected chi connectivity index (χ1v) is 24.3. The van der Waals surface area contributed by atoms with Crippen LogP contribution >= 0.6 is 0 Å². The maximum atomic E-state index is 14.3. The van der Waals surface area contributed by atoms with Crippen molar-refractivity contribution in [3.63, 3.8) is 0 Å². The van der Waals surface area contributed by atoms with E-state index in [0.717, 1.165) is 68.6 Å². The summed E-state index contributed by atoms with van der Waals surface area (Å²) < 4.78 is 31.9. The Kier molecular flexibility index (Phi) is 12.9. The van der Waals surface area contributed by atoms with E-state index < -0.39 is 34.7 Å². The van der Waals surface area contributed by atoms with Crippen LogP contribution < -0.4 is 34.2 Å². The number of aromatic nitrogens is 3. The predicted molar refractivity (Wildman–Crippen MR) is 252 cm³/mol. The lowest BCUT2D eigenvalue weighted by atomic mass is 9.93. The number of ether oxygens (including phenoxy) is 3. The molecule has 2 unspecified atom stereocenters. The van der Waals surface area contributed by atoms with Crippen LogP contribution in [-0.2, 0) is 22.6 Å². The second kappa shape index (κ2) is 19.1. The molecule has 18 heteroatoms. The van der Waals surface area contributed by atoms with Gasteiger partial charge in [-0.2, -0.15) is 5.10 Å². The molecule has 3 fully saturated rings. The van der Waals surface area contributed by atoms with Gasteiger partial charge in [-0.25, -0.2) is 9.78 Å². The summed E-state index contributed by atoms with van der Waals surface area (Å²) in [6.45, 7) is 8.53. The highest BCUT2D eigenvalue weighted by Gasteiger charge is 2.44. The van der Waals surface area contributed by atoms with Crippen molar-refractivity contribution in [2.45, 2.75) is 38.6 Å². The SMILES string of the molecule is CCOc1cc(C(CS(C)=O)N2C(=O)c3ccnc(N4CCN(CCC5CCN(c6ccc(Oc7ccc8c(N9CCC(=O)NC9=O)nn(C)c8c7)cc6)CC5)CC4)c3C2=O)ccc1OC. The third-order valence-electron chi connectivity index (χ3n) is 13.1. The zero-order chi connectivity index (χ0) is 46.1. The minimum absolute atomic E-state index is 0.0813. The van der Waals surface area contributed by atoms with Crippen LogP contribution in [0.25, 0.3) is 10.9 Å². The number of imide groups is 2. The minimum atomic E-state index is -1.32. The fraction of sp³-hybridized carbons (Fsp3) is 0.417. The molecule has 66 heavy (non-hydrogen) atoms. The number of benzene rings is 3. The summed E-state index contributed by atoms with van der Waals surface area (Å²) in [6.07, 6.45) is 6.75. The number of fused-ring (bicyclic) bond motifs is 2. The lowest BCUT2D eigenvalue weighted by Crippen LogP contribution is -2.49. The number of pyridine rings is 1. The predicted octanol–water partition coefficient (Wildman–Crippen LogP) is 5.76. The highest BCUT2D eigenvalue weighted by molar-refractivity contribution is 7.84. The molecule has 0 bridgehead atoms. The summed E-state index contributed by atoms with van der Waals surface area (Å²) in [4.78, 5) is 66.8. The molecule has 5 amide bonds. The maximum Gasteiger partial charge on any atom is 0.329 e. The molecule has 3 aromatic carbocycles. The highest BCUT2D eigenvalue weighted by atomic mass is 32.2. The van der Waals surface area contributed by atoms with Crippen LogP contribution in [0, 0.1) is 5.92 Å². The number of anilines is 3. The molecule has 5 aromatic rings. The van der Waals surface area contributed by atoms with Crippen LogP contribution in [0.2, 0.25) is 0 Å². The van der Waals surface area contributed by atoms with Crippen LogP contribution in [0.5, 0.6) is 23.0 Å². The monoisotopic (exact) mass is 917 g/mol. The summed E-state index contributed by atoms with van der Waals surface area (Å²) >= 11 is 0. The van der Waals surface area contributed by atoms with Gasteiger partial charge in [0.15, 0.2) is 17.3 Å². The number of piperazine rings is 1. The number of methoxy groups -OCH3 is 1. The number of urea groups is 1. The molecule has 2 aromatic heterocycles. The van der Waals surface area contributed by atoms with E-state index in [4.69, 9.17) is 14.2 Å². The molecular weight excluding hydrogens is 863 g/mol. The molecule has 1 N–H and O–H groups in total. The fourth-order valence-electron chi connectivity index (χ4n) is 9.55.